The summed E-state index contributed by atoms with van der Waals surface area (Å²) in [4.78, 5) is 6.54. The largest absolute Gasteiger partial charge is 0.329 e. The van der Waals surface area contributed by atoms with Gasteiger partial charge in [0.1, 0.15) is 5.82 Å². The van der Waals surface area contributed by atoms with Gasteiger partial charge in [0.2, 0.25) is 0 Å². The van der Waals surface area contributed by atoms with Crippen LogP contribution in [-0.4, -0.2) is 18.6 Å². The molecule has 0 atom stereocenters. The van der Waals surface area contributed by atoms with Gasteiger partial charge in [0, 0.05) is 25.5 Å². The molecule has 0 saturated heterocycles. The topological polar surface area (TPSA) is 28.2 Å². The van der Waals surface area contributed by atoms with Crippen molar-refractivity contribution >= 4 is 23.1 Å². The Hall–Kier alpha value is -1.58. The highest BCUT2D eigenvalue weighted by Gasteiger charge is 2.09. The molecule has 21 heavy (non-hydrogen) atoms. The first-order valence-electron chi connectivity index (χ1n) is 7.18. The smallest absolute Gasteiger partial charge is 0.133 e. The Morgan fingerprint density at radius 1 is 1.14 bits per heavy atom. The van der Waals surface area contributed by atoms with Crippen LogP contribution in [0.5, 0.6) is 0 Å². The third-order valence-corrected chi connectivity index (χ3v) is 3.76. The molecule has 3 nitrogen and oxygen atoms in total. The van der Waals surface area contributed by atoms with Crippen molar-refractivity contribution in [2.24, 2.45) is 0 Å². The van der Waals surface area contributed by atoms with Crippen LogP contribution in [0.2, 0.25) is 5.02 Å². The van der Waals surface area contributed by atoms with Crippen LogP contribution in [-0.2, 0) is 6.54 Å². The first-order valence-corrected chi connectivity index (χ1v) is 7.56. The van der Waals surface area contributed by atoms with Gasteiger partial charge in [-0.2, -0.15) is 0 Å². The summed E-state index contributed by atoms with van der Waals surface area (Å²) < 4.78 is 0. The summed E-state index contributed by atoms with van der Waals surface area (Å²) in [6, 6.07) is 8.53. The number of pyridine rings is 1. The summed E-state index contributed by atoms with van der Waals surface area (Å²) in [5.41, 5.74) is 4.70. The van der Waals surface area contributed by atoms with E-state index < -0.39 is 0 Å². The first-order chi connectivity index (χ1) is 10.0. The highest BCUT2D eigenvalue weighted by Crippen LogP contribution is 2.26. The molecular weight excluding hydrogens is 282 g/mol. The van der Waals surface area contributed by atoms with Crippen LogP contribution in [0.15, 0.2) is 30.5 Å². The number of halogens is 1. The van der Waals surface area contributed by atoms with Gasteiger partial charge >= 0.3 is 0 Å². The summed E-state index contributed by atoms with van der Waals surface area (Å²) in [5.74, 6) is 0.900. The average molecular weight is 304 g/mol. The molecule has 2 rings (SSSR count). The Bertz CT molecular complexity index is 605. The predicted octanol–water partition coefficient (Wildman–Crippen LogP) is 4.23. The Labute approximate surface area is 132 Å². The summed E-state index contributed by atoms with van der Waals surface area (Å²) in [7, 11) is 2.03. The second kappa shape index (κ2) is 6.92. The molecule has 0 aliphatic carbocycles. The van der Waals surface area contributed by atoms with Crippen molar-refractivity contribution in [2.75, 3.05) is 18.5 Å². The van der Waals surface area contributed by atoms with E-state index >= 15 is 0 Å². The maximum absolute atomic E-state index is 6.21. The van der Waals surface area contributed by atoms with E-state index in [1.807, 2.05) is 13.1 Å². The number of hydrogen-bond donors (Lipinski definition) is 1. The number of aryl methyl sites for hydroxylation is 2. The molecule has 0 unspecified atom stereocenters. The number of anilines is 2. The minimum absolute atomic E-state index is 0.702. The highest BCUT2D eigenvalue weighted by molar-refractivity contribution is 6.31. The molecule has 0 fully saturated rings. The molecule has 0 amide bonds. The third kappa shape index (κ3) is 3.96. The quantitative estimate of drug-likeness (QED) is 0.896. The fourth-order valence-electron chi connectivity index (χ4n) is 2.32. The normalized spacial score (nSPS) is 10.7. The van der Waals surface area contributed by atoms with Gasteiger partial charge in [0.05, 0.1) is 5.02 Å². The van der Waals surface area contributed by atoms with E-state index in [0.29, 0.717) is 5.02 Å². The molecule has 0 aliphatic heterocycles. The molecule has 1 N–H and O–H groups in total. The van der Waals surface area contributed by atoms with Gasteiger partial charge in [0.25, 0.3) is 0 Å². The van der Waals surface area contributed by atoms with Crippen LogP contribution in [0, 0.1) is 13.8 Å². The number of aromatic nitrogens is 1. The molecule has 0 spiro atoms. The van der Waals surface area contributed by atoms with E-state index in [0.717, 1.165) is 30.2 Å². The SMILES string of the molecule is CCNCc1cc(N(C)c2cc(C)cc(C)c2)ncc1Cl. The maximum Gasteiger partial charge on any atom is 0.133 e. The Morgan fingerprint density at radius 3 is 2.43 bits per heavy atom. The number of benzene rings is 1. The second-order valence-corrected chi connectivity index (χ2v) is 5.73. The van der Waals surface area contributed by atoms with E-state index in [4.69, 9.17) is 11.6 Å². The zero-order chi connectivity index (χ0) is 15.4. The zero-order valence-corrected chi connectivity index (χ0v) is 13.8. The lowest BCUT2D eigenvalue weighted by Gasteiger charge is -2.20. The summed E-state index contributed by atoms with van der Waals surface area (Å²) in [5, 5.41) is 4.00. The fraction of sp³-hybridized carbons (Fsp3) is 0.353. The minimum atomic E-state index is 0.702. The molecule has 0 aliphatic rings. The lowest BCUT2D eigenvalue weighted by molar-refractivity contribution is 0.726. The van der Waals surface area contributed by atoms with Crippen molar-refractivity contribution in [1.82, 2.24) is 10.3 Å². The van der Waals surface area contributed by atoms with Gasteiger partial charge in [-0.3, -0.25) is 0 Å². The van der Waals surface area contributed by atoms with E-state index in [1.165, 1.54) is 11.1 Å². The molecule has 112 valence electrons. The molecule has 1 aromatic carbocycles. The summed E-state index contributed by atoms with van der Waals surface area (Å²) >= 11 is 6.21. The molecule has 1 heterocycles. The summed E-state index contributed by atoms with van der Waals surface area (Å²) in [6.07, 6.45) is 1.72. The monoisotopic (exact) mass is 303 g/mol. The van der Waals surface area contributed by atoms with Crippen molar-refractivity contribution in [3.63, 3.8) is 0 Å². The van der Waals surface area contributed by atoms with Crippen LogP contribution < -0.4 is 10.2 Å². The highest BCUT2D eigenvalue weighted by atomic mass is 35.5. The van der Waals surface area contributed by atoms with Gasteiger partial charge in [-0.25, -0.2) is 4.98 Å². The Balaban J connectivity index is 2.32. The lowest BCUT2D eigenvalue weighted by Crippen LogP contribution is -2.15. The van der Waals surface area contributed by atoms with Crippen LogP contribution in [0.1, 0.15) is 23.6 Å². The Morgan fingerprint density at radius 2 is 1.81 bits per heavy atom. The molecule has 0 bridgehead atoms. The summed E-state index contributed by atoms with van der Waals surface area (Å²) in [6.45, 7) is 7.97. The van der Waals surface area contributed by atoms with Crippen LogP contribution >= 0.6 is 11.6 Å². The standard InChI is InChI=1S/C17H22ClN3/c1-5-19-10-14-9-17(20-11-16(14)18)21(4)15-7-12(2)6-13(3)8-15/h6-9,11,19H,5,10H2,1-4H3. The molecule has 2 aromatic rings. The van der Waals surface area contributed by atoms with Gasteiger partial charge < -0.3 is 10.2 Å². The van der Waals surface area contributed by atoms with Crippen molar-refractivity contribution in [1.29, 1.82) is 0 Å². The van der Waals surface area contributed by atoms with E-state index in [2.05, 4.69) is 54.2 Å². The lowest BCUT2D eigenvalue weighted by atomic mass is 10.1. The van der Waals surface area contributed by atoms with Gasteiger partial charge in [0.15, 0.2) is 0 Å². The molecular formula is C17H22ClN3. The molecule has 4 heteroatoms. The van der Waals surface area contributed by atoms with Crippen molar-refractivity contribution < 1.29 is 0 Å². The van der Waals surface area contributed by atoms with Crippen LogP contribution in [0.3, 0.4) is 0 Å². The molecule has 0 saturated carbocycles. The zero-order valence-electron chi connectivity index (χ0n) is 13.1. The number of hydrogen-bond acceptors (Lipinski definition) is 3. The second-order valence-electron chi connectivity index (χ2n) is 5.32. The van der Waals surface area contributed by atoms with Crippen molar-refractivity contribution in [2.45, 2.75) is 27.3 Å². The number of nitrogens with one attached hydrogen (secondary N) is 1. The van der Waals surface area contributed by atoms with E-state index in [9.17, 15) is 0 Å². The maximum atomic E-state index is 6.21. The average Bonchev–Trinajstić information content (AvgIpc) is 2.44. The predicted molar refractivity (Wildman–Crippen MR) is 90.6 cm³/mol. The van der Waals surface area contributed by atoms with Gasteiger partial charge in [-0.15, -0.1) is 0 Å². The van der Waals surface area contributed by atoms with E-state index in [1.54, 1.807) is 6.20 Å². The van der Waals surface area contributed by atoms with Crippen molar-refractivity contribution in [3.05, 3.63) is 52.2 Å². The fourth-order valence-corrected chi connectivity index (χ4v) is 2.49. The van der Waals surface area contributed by atoms with Gasteiger partial charge in [-0.1, -0.05) is 24.6 Å². The molecule has 1 aromatic heterocycles. The van der Waals surface area contributed by atoms with Crippen LogP contribution in [0.4, 0.5) is 11.5 Å². The van der Waals surface area contributed by atoms with E-state index in [-0.39, 0.29) is 0 Å². The third-order valence-electron chi connectivity index (χ3n) is 3.42. The van der Waals surface area contributed by atoms with Crippen molar-refractivity contribution in [3.8, 4) is 0 Å². The first kappa shape index (κ1) is 15.8. The molecule has 0 radical (unpaired) electrons. The van der Waals surface area contributed by atoms with Gasteiger partial charge in [-0.05, 0) is 55.3 Å². The van der Waals surface area contributed by atoms with Crippen LogP contribution in [0.25, 0.3) is 0 Å². The number of rotatable bonds is 5. The Kier molecular flexibility index (Phi) is 5.21. The number of nitrogens with zero attached hydrogens (tertiary/aromatic N) is 2. The minimum Gasteiger partial charge on any atom is -0.329 e.